The summed E-state index contributed by atoms with van der Waals surface area (Å²) in [7, 11) is 0. The fourth-order valence-electron chi connectivity index (χ4n) is 1.77. The SMILES string of the molecule is CCC(C)c1cc(OCCO)c(OCCO)cc1N. The van der Waals surface area contributed by atoms with E-state index in [1.165, 1.54) is 0 Å². The number of hydrogen-bond acceptors (Lipinski definition) is 5. The normalized spacial score (nSPS) is 12.2. The zero-order valence-electron chi connectivity index (χ0n) is 11.6. The van der Waals surface area contributed by atoms with Gasteiger partial charge in [-0.25, -0.2) is 0 Å². The molecule has 0 aliphatic heterocycles. The maximum Gasteiger partial charge on any atom is 0.163 e. The van der Waals surface area contributed by atoms with Crippen molar-refractivity contribution in [2.24, 2.45) is 0 Å². The molecular formula is C14H23NO4. The molecular weight excluding hydrogens is 246 g/mol. The van der Waals surface area contributed by atoms with E-state index in [9.17, 15) is 0 Å². The number of aliphatic hydroxyl groups is 2. The minimum Gasteiger partial charge on any atom is -0.487 e. The van der Waals surface area contributed by atoms with Crippen LogP contribution >= 0.6 is 0 Å². The number of anilines is 1. The maximum absolute atomic E-state index is 8.84. The Hall–Kier alpha value is -1.46. The first kappa shape index (κ1) is 15.6. The molecule has 19 heavy (non-hydrogen) atoms. The minimum absolute atomic E-state index is 0.0670. The second-order valence-electron chi connectivity index (χ2n) is 4.38. The molecule has 0 saturated carbocycles. The number of hydrogen-bond donors (Lipinski definition) is 3. The summed E-state index contributed by atoms with van der Waals surface area (Å²) < 4.78 is 10.9. The van der Waals surface area contributed by atoms with Gasteiger partial charge in [0.2, 0.25) is 0 Å². The van der Waals surface area contributed by atoms with E-state index in [-0.39, 0.29) is 26.4 Å². The second-order valence-corrected chi connectivity index (χ2v) is 4.38. The number of ether oxygens (including phenoxy) is 2. The van der Waals surface area contributed by atoms with Crippen molar-refractivity contribution in [1.82, 2.24) is 0 Å². The van der Waals surface area contributed by atoms with Gasteiger partial charge in [-0.05, 0) is 24.0 Å². The van der Waals surface area contributed by atoms with Crippen LogP contribution in [0.25, 0.3) is 0 Å². The lowest BCUT2D eigenvalue weighted by Gasteiger charge is -2.18. The zero-order chi connectivity index (χ0) is 14.3. The van der Waals surface area contributed by atoms with Crippen LogP contribution in [0.3, 0.4) is 0 Å². The van der Waals surface area contributed by atoms with Crippen LogP contribution in [0.2, 0.25) is 0 Å². The lowest BCUT2D eigenvalue weighted by Crippen LogP contribution is -2.09. The van der Waals surface area contributed by atoms with Crippen LogP contribution in [-0.2, 0) is 0 Å². The number of aliphatic hydroxyl groups excluding tert-OH is 2. The second kappa shape index (κ2) is 7.86. The standard InChI is InChI=1S/C14H23NO4/c1-3-10(2)11-8-13(18-6-4-16)14(9-12(11)15)19-7-5-17/h8-10,16-17H,3-7,15H2,1-2H3. The van der Waals surface area contributed by atoms with E-state index >= 15 is 0 Å². The molecule has 0 spiro atoms. The van der Waals surface area contributed by atoms with Gasteiger partial charge in [0, 0.05) is 11.8 Å². The van der Waals surface area contributed by atoms with E-state index in [2.05, 4.69) is 13.8 Å². The minimum atomic E-state index is -0.0769. The molecule has 1 atom stereocenters. The van der Waals surface area contributed by atoms with Crippen LogP contribution in [-0.4, -0.2) is 36.6 Å². The molecule has 5 nitrogen and oxygen atoms in total. The molecule has 0 heterocycles. The first-order valence-corrected chi connectivity index (χ1v) is 6.54. The zero-order valence-corrected chi connectivity index (χ0v) is 11.6. The number of benzene rings is 1. The van der Waals surface area contributed by atoms with Crippen molar-refractivity contribution in [3.8, 4) is 11.5 Å². The van der Waals surface area contributed by atoms with E-state index in [0.717, 1.165) is 12.0 Å². The molecule has 0 fully saturated rings. The molecule has 0 bridgehead atoms. The van der Waals surface area contributed by atoms with Crippen LogP contribution in [0.4, 0.5) is 5.69 Å². The lowest BCUT2D eigenvalue weighted by molar-refractivity contribution is 0.178. The maximum atomic E-state index is 8.84. The van der Waals surface area contributed by atoms with Gasteiger partial charge in [-0.1, -0.05) is 13.8 Å². The van der Waals surface area contributed by atoms with Crippen molar-refractivity contribution < 1.29 is 19.7 Å². The fraction of sp³-hybridized carbons (Fsp3) is 0.571. The van der Waals surface area contributed by atoms with Gasteiger partial charge in [0.1, 0.15) is 13.2 Å². The van der Waals surface area contributed by atoms with Gasteiger partial charge in [0.15, 0.2) is 11.5 Å². The van der Waals surface area contributed by atoms with Gasteiger partial charge in [-0.3, -0.25) is 0 Å². The van der Waals surface area contributed by atoms with E-state index in [1.54, 1.807) is 6.07 Å². The van der Waals surface area contributed by atoms with Crippen molar-refractivity contribution in [3.63, 3.8) is 0 Å². The first-order valence-electron chi connectivity index (χ1n) is 6.54. The number of nitrogen functional groups attached to an aromatic ring is 1. The third-order valence-corrected chi connectivity index (χ3v) is 2.99. The molecule has 0 radical (unpaired) electrons. The summed E-state index contributed by atoms with van der Waals surface area (Å²) in [5, 5.41) is 17.7. The van der Waals surface area contributed by atoms with Crippen molar-refractivity contribution >= 4 is 5.69 Å². The van der Waals surface area contributed by atoms with Crippen molar-refractivity contribution in [2.45, 2.75) is 26.2 Å². The molecule has 0 aliphatic rings. The molecule has 5 heteroatoms. The summed E-state index contributed by atoms with van der Waals surface area (Å²) in [4.78, 5) is 0. The summed E-state index contributed by atoms with van der Waals surface area (Å²) in [6.07, 6.45) is 0.973. The Balaban J connectivity index is 3.04. The van der Waals surface area contributed by atoms with Crippen LogP contribution in [0, 0.1) is 0 Å². The van der Waals surface area contributed by atoms with Gasteiger partial charge in [0.05, 0.1) is 13.2 Å². The molecule has 0 aliphatic carbocycles. The highest BCUT2D eigenvalue weighted by molar-refractivity contribution is 5.59. The Kier molecular flexibility index (Phi) is 6.45. The quantitative estimate of drug-likeness (QED) is 0.623. The van der Waals surface area contributed by atoms with Crippen molar-refractivity contribution in [2.75, 3.05) is 32.2 Å². The summed E-state index contributed by atoms with van der Waals surface area (Å²) in [5.74, 6) is 1.36. The Morgan fingerprint density at radius 2 is 1.63 bits per heavy atom. The van der Waals surface area contributed by atoms with Crippen molar-refractivity contribution in [1.29, 1.82) is 0 Å². The van der Waals surface area contributed by atoms with Crippen LogP contribution in [0.1, 0.15) is 31.7 Å². The predicted octanol–water partition coefficient (Wildman–Crippen LogP) is 1.52. The molecule has 0 amide bonds. The van der Waals surface area contributed by atoms with Gasteiger partial charge in [-0.15, -0.1) is 0 Å². The summed E-state index contributed by atoms with van der Waals surface area (Å²) in [6.45, 7) is 4.41. The topological polar surface area (TPSA) is 84.9 Å². The van der Waals surface area contributed by atoms with Crippen LogP contribution in [0.15, 0.2) is 12.1 Å². The van der Waals surface area contributed by atoms with Gasteiger partial charge >= 0.3 is 0 Å². The number of rotatable bonds is 8. The Morgan fingerprint density at radius 3 is 2.11 bits per heavy atom. The third-order valence-electron chi connectivity index (χ3n) is 2.99. The fourth-order valence-corrected chi connectivity index (χ4v) is 1.77. The summed E-state index contributed by atoms with van der Waals surface area (Å²) >= 11 is 0. The number of nitrogens with two attached hydrogens (primary N) is 1. The van der Waals surface area contributed by atoms with Crippen molar-refractivity contribution in [3.05, 3.63) is 17.7 Å². The lowest BCUT2D eigenvalue weighted by atomic mass is 9.96. The van der Waals surface area contributed by atoms with E-state index in [1.807, 2.05) is 6.07 Å². The molecule has 1 aromatic rings. The van der Waals surface area contributed by atoms with Crippen LogP contribution in [0.5, 0.6) is 11.5 Å². The monoisotopic (exact) mass is 269 g/mol. The molecule has 108 valence electrons. The highest BCUT2D eigenvalue weighted by atomic mass is 16.5. The summed E-state index contributed by atoms with van der Waals surface area (Å²) in [5.41, 5.74) is 7.68. The molecule has 1 aromatic carbocycles. The summed E-state index contributed by atoms with van der Waals surface area (Å²) in [6, 6.07) is 3.57. The van der Waals surface area contributed by atoms with Gasteiger partial charge in [-0.2, -0.15) is 0 Å². The first-order chi connectivity index (χ1) is 9.13. The average Bonchev–Trinajstić information content (AvgIpc) is 2.43. The predicted molar refractivity (Wildman–Crippen MR) is 74.7 cm³/mol. The smallest absolute Gasteiger partial charge is 0.163 e. The molecule has 4 N–H and O–H groups in total. The Labute approximate surface area is 114 Å². The average molecular weight is 269 g/mol. The van der Waals surface area contributed by atoms with E-state index in [0.29, 0.717) is 23.1 Å². The molecule has 1 unspecified atom stereocenters. The highest BCUT2D eigenvalue weighted by Gasteiger charge is 2.14. The highest BCUT2D eigenvalue weighted by Crippen LogP contribution is 2.36. The Bertz CT molecular complexity index is 395. The largest absolute Gasteiger partial charge is 0.487 e. The van der Waals surface area contributed by atoms with Crippen LogP contribution < -0.4 is 15.2 Å². The Morgan fingerprint density at radius 1 is 1.11 bits per heavy atom. The molecule has 0 saturated heterocycles. The van der Waals surface area contributed by atoms with E-state index in [4.69, 9.17) is 25.4 Å². The molecule has 0 aromatic heterocycles. The van der Waals surface area contributed by atoms with E-state index < -0.39 is 0 Å². The van der Waals surface area contributed by atoms with Gasteiger partial charge in [0.25, 0.3) is 0 Å². The van der Waals surface area contributed by atoms with Gasteiger partial charge < -0.3 is 25.4 Å². The third kappa shape index (κ3) is 4.29. The molecule has 1 rings (SSSR count).